The number of benzene rings is 3. The molecule has 3 aromatic carbocycles. The van der Waals surface area contributed by atoms with Crippen LogP contribution < -0.4 is 29.6 Å². The molecule has 37 heavy (non-hydrogen) atoms. The average Bonchev–Trinajstić information content (AvgIpc) is 2.89. The SMILES string of the molecule is COc1cc(NC(=O)c2cc(C(=O)Nc3cc(OC)c(Cl)cc3OC)cc([N+](=O)[O-])c2)c(OC)cc1Cl. The van der Waals surface area contributed by atoms with Gasteiger partial charge >= 0.3 is 0 Å². The number of non-ortho nitro benzene ring substituents is 1. The molecule has 2 N–H and O–H groups in total. The number of amides is 2. The third-order valence-electron chi connectivity index (χ3n) is 5.10. The maximum absolute atomic E-state index is 13.1. The van der Waals surface area contributed by atoms with Crippen molar-refractivity contribution in [2.45, 2.75) is 0 Å². The van der Waals surface area contributed by atoms with E-state index in [0.717, 1.165) is 12.1 Å². The Bertz CT molecular complexity index is 1290. The van der Waals surface area contributed by atoms with E-state index >= 15 is 0 Å². The number of carbonyl (C=O) groups is 2. The number of carbonyl (C=O) groups excluding carboxylic acids is 2. The molecule has 0 radical (unpaired) electrons. The largest absolute Gasteiger partial charge is 0.495 e. The number of nitrogens with one attached hydrogen (secondary N) is 2. The van der Waals surface area contributed by atoms with E-state index in [9.17, 15) is 19.7 Å². The maximum atomic E-state index is 13.1. The third kappa shape index (κ3) is 6.13. The molecular weight excluding hydrogens is 529 g/mol. The highest BCUT2D eigenvalue weighted by molar-refractivity contribution is 6.32. The van der Waals surface area contributed by atoms with Gasteiger partial charge in [-0.05, 0) is 6.07 Å². The highest BCUT2D eigenvalue weighted by Crippen LogP contribution is 2.37. The lowest BCUT2D eigenvalue weighted by Crippen LogP contribution is -2.17. The molecule has 0 aliphatic heterocycles. The van der Waals surface area contributed by atoms with Crippen molar-refractivity contribution in [2.75, 3.05) is 39.1 Å². The monoisotopic (exact) mass is 549 g/mol. The Morgan fingerprint density at radius 3 is 1.38 bits per heavy atom. The Labute approximate surface area is 221 Å². The van der Waals surface area contributed by atoms with E-state index in [1.807, 2.05) is 0 Å². The van der Waals surface area contributed by atoms with Gasteiger partial charge in [-0.15, -0.1) is 0 Å². The summed E-state index contributed by atoms with van der Waals surface area (Å²) in [6.07, 6.45) is 0. The van der Waals surface area contributed by atoms with Gasteiger partial charge in [0.15, 0.2) is 0 Å². The fourth-order valence-corrected chi connectivity index (χ4v) is 3.75. The zero-order valence-electron chi connectivity index (χ0n) is 20.0. The van der Waals surface area contributed by atoms with E-state index in [-0.39, 0.29) is 55.5 Å². The second-order valence-corrected chi connectivity index (χ2v) is 8.12. The Balaban J connectivity index is 1.98. The van der Waals surface area contributed by atoms with Crippen LogP contribution in [0.2, 0.25) is 10.0 Å². The molecule has 13 heteroatoms. The summed E-state index contributed by atoms with van der Waals surface area (Å²) in [7, 11) is 5.55. The van der Waals surface area contributed by atoms with Crippen molar-refractivity contribution < 1.29 is 33.5 Å². The predicted molar refractivity (Wildman–Crippen MR) is 138 cm³/mol. The van der Waals surface area contributed by atoms with E-state index in [1.54, 1.807) is 0 Å². The number of nitro benzene ring substituents is 1. The molecule has 0 atom stereocenters. The number of nitrogens with zero attached hydrogens (tertiary/aromatic N) is 1. The van der Waals surface area contributed by atoms with Crippen LogP contribution in [0.4, 0.5) is 17.1 Å². The van der Waals surface area contributed by atoms with Crippen LogP contribution in [0.5, 0.6) is 23.0 Å². The molecule has 0 aliphatic carbocycles. The minimum Gasteiger partial charge on any atom is -0.495 e. The van der Waals surface area contributed by atoms with Gasteiger partial charge in [0.25, 0.3) is 17.5 Å². The summed E-state index contributed by atoms with van der Waals surface area (Å²) in [6.45, 7) is 0. The number of hydrogen-bond donors (Lipinski definition) is 2. The van der Waals surface area contributed by atoms with Gasteiger partial charge in [-0.3, -0.25) is 19.7 Å². The first-order valence-electron chi connectivity index (χ1n) is 10.4. The van der Waals surface area contributed by atoms with Gasteiger partial charge in [-0.1, -0.05) is 23.2 Å². The molecule has 0 saturated heterocycles. The highest BCUT2D eigenvalue weighted by Gasteiger charge is 2.21. The Hall–Kier alpha value is -4.22. The van der Waals surface area contributed by atoms with Gasteiger partial charge in [0.05, 0.1) is 54.8 Å². The topological polar surface area (TPSA) is 138 Å². The molecule has 0 saturated carbocycles. The summed E-state index contributed by atoms with van der Waals surface area (Å²) in [4.78, 5) is 36.9. The maximum Gasteiger partial charge on any atom is 0.271 e. The number of methoxy groups -OCH3 is 4. The average molecular weight is 550 g/mol. The molecule has 0 unspecified atom stereocenters. The Morgan fingerprint density at radius 1 is 0.676 bits per heavy atom. The zero-order valence-corrected chi connectivity index (χ0v) is 21.5. The van der Waals surface area contributed by atoms with Gasteiger partial charge in [0.1, 0.15) is 23.0 Å². The summed E-state index contributed by atoms with van der Waals surface area (Å²) >= 11 is 12.2. The van der Waals surface area contributed by atoms with E-state index in [2.05, 4.69) is 10.6 Å². The normalized spacial score (nSPS) is 10.3. The van der Waals surface area contributed by atoms with Crippen LogP contribution in [0.3, 0.4) is 0 Å². The first-order valence-corrected chi connectivity index (χ1v) is 11.1. The molecule has 11 nitrogen and oxygen atoms in total. The second kappa shape index (κ2) is 11.7. The number of ether oxygens (including phenoxy) is 4. The van der Waals surface area contributed by atoms with Gasteiger partial charge in [-0.25, -0.2) is 0 Å². The van der Waals surface area contributed by atoms with Crippen LogP contribution in [-0.4, -0.2) is 45.2 Å². The Kier molecular flexibility index (Phi) is 8.64. The smallest absolute Gasteiger partial charge is 0.271 e. The number of rotatable bonds is 9. The molecule has 0 fully saturated rings. The predicted octanol–water partition coefficient (Wildman–Crippen LogP) is 5.44. The standard InChI is InChI=1S/C24H21Cl2N3O8/c1-34-19-10-17(21(36-3)8-15(19)25)27-23(30)12-5-13(7-14(6-12)29(32)33)24(31)28-18-11-20(35-2)16(26)9-22(18)37-4/h5-11H,1-4H3,(H,27,30)(H,28,31). The van der Waals surface area contributed by atoms with E-state index < -0.39 is 22.4 Å². The zero-order chi connectivity index (χ0) is 27.3. The van der Waals surface area contributed by atoms with Gasteiger partial charge in [0.2, 0.25) is 0 Å². The molecule has 0 aromatic heterocycles. The first kappa shape index (κ1) is 27.4. The molecular formula is C24H21Cl2N3O8. The summed E-state index contributed by atoms with van der Waals surface area (Å²) in [6, 6.07) is 9.03. The van der Waals surface area contributed by atoms with Crippen LogP contribution in [0, 0.1) is 10.1 Å². The summed E-state index contributed by atoms with van der Waals surface area (Å²) in [5.41, 5.74) is -0.389. The van der Waals surface area contributed by atoms with E-state index in [1.165, 1.54) is 58.8 Å². The van der Waals surface area contributed by atoms with Crippen molar-refractivity contribution in [1.29, 1.82) is 0 Å². The van der Waals surface area contributed by atoms with Crippen molar-refractivity contribution in [3.05, 3.63) is 73.8 Å². The Morgan fingerprint density at radius 2 is 1.05 bits per heavy atom. The lowest BCUT2D eigenvalue weighted by Gasteiger charge is -2.14. The number of halogens is 2. The number of nitro groups is 1. The molecule has 0 spiro atoms. The lowest BCUT2D eigenvalue weighted by atomic mass is 10.1. The summed E-state index contributed by atoms with van der Waals surface area (Å²) < 4.78 is 20.8. The fraction of sp³-hybridized carbons (Fsp3) is 0.167. The third-order valence-corrected chi connectivity index (χ3v) is 5.69. The quantitative estimate of drug-likeness (QED) is 0.265. The number of hydrogen-bond acceptors (Lipinski definition) is 8. The highest BCUT2D eigenvalue weighted by atomic mass is 35.5. The van der Waals surface area contributed by atoms with Crippen LogP contribution >= 0.6 is 23.2 Å². The van der Waals surface area contributed by atoms with Crippen molar-refractivity contribution >= 4 is 52.1 Å². The van der Waals surface area contributed by atoms with E-state index in [4.69, 9.17) is 42.1 Å². The minimum absolute atomic E-state index is 0.157. The fourth-order valence-electron chi connectivity index (χ4n) is 3.28. The molecule has 0 heterocycles. The van der Waals surface area contributed by atoms with Crippen molar-refractivity contribution in [3.63, 3.8) is 0 Å². The van der Waals surface area contributed by atoms with Gasteiger partial charge in [0, 0.05) is 47.5 Å². The van der Waals surface area contributed by atoms with Crippen LogP contribution in [-0.2, 0) is 0 Å². The van der Waals surface area contributed by atoms with Crippen LogP contribution in [0.15, 0.2) is 42.5 Å². The second-order valence-electron chi connectivity index (χ2n) is 7.31. The van der Waals surface area contributed by atoms with Crippen LogP contribution in [0.25, 0.3) is 0 Å². The van der Waals surface area contributed by atoms with Crippen molar-refractivity contribution in [2.24, 2.45) is 0 Å². The molecule has 0 bridgehead atoms. The molecule has 3 aromatic rings. The number of anilines is 2. The molecule has 194 valence electrons. The summed E-state index contributed by atoms with van der Waals surface area (Å²) in [5.74, 6) is -0.497. The molecule has 3 rings (SSSR count). The van der Waals surface area contributed by atoms with Crippen molar-refractivity contribution in [1.82, 2.24) is 0 Å². The minimum atomic E-state index is -0.744. The van der Waals surface area contributed by atoms with E-state index in [0.29, 0.717) is 0 Å². The lowest BCUT2D eigenvalue weighted by molar-refractivity contribution is -0.384. The van der Waals surface area contributed by atoms with Gasteiger partial charge in [-0.2, -0.15) is 0 Å². The molecule has 0 aliphatic rings. The first-order chi connectivity index (χ1) is 17.6. The van der Waals surface area contributed by atoms with Gasteiger partial charge < -0.3 is 29.6 Å². The van der Waals surface area contributed by atoms with Crippen molar-refractivity contribution in [3.8, 4) is 23.0 Å². The molecule has 2 amide bonds. The summed E-state index contributed by atoms with van der Waals surface area (Å²) in [5, 5.41) is 17.2. The van der Waals surface area contributed by atoms with Crippen LogP contribution in [0.1, 0.15) is 20.7 Å².